The van der Waals surface area contributed by atoms with Gasteiger partial charge < -0.3 is 30.7 Å². The molecule has 0 amide bonds. The SMILES string of the molecule is Oc1ccc(O)n1-c1ccc2nc(Nc3cc(CN4CCOCC4)nc(NC4CCC(O)CC4)n3)sc2c1. The summed E-state index contributed by atoms with van der Waals surface area (Å²) in [6.45, 7) is 3.87. The van der Waals surface area contributed by atoms with E-state index in [2.05, 4.69) is 15.5 Å². The first-order valence-corrected chi connectivity index (χ1v) is 13.7. The minimum atomic E-state index is -0.219. The molecule has 1 saturated heterocycles. The summed E-state index contributed by atoms with van der Waals surface area (Å²) in [5.74, 6) is 1.15. The molecule has 1 aliphatic carbocycles. The monoisotopic (exact) mass is 537 g/mol. The molecular weight excluding hydrogens is 506 g/mol. The van der Waals surface area contributed by atoms with E-state index in [1.54, 1.807) is 6.07 Å². The van der Waals surface area contributed by atoms with Crippen LogP contribution >= 0.6 is 11.3 Å². The fraction of sp³-hybridized carbons (Fsp3) is 0.423. The van der Waals surface area contributed by atoms with Gasteiger partial charge in [-0.25, -0.2) is 9.97 Å². The third-order valence-corrected chi connectivity index (χ3v) is 7.94. The van der Waals surface area contributed by atoms with Crippen LogP contribution in [0.25, 0.3) is 15.9 Å². The Morgan fingerprint density at radius 3 is 2.47 bits per heavy atom. The number of benzene rings is 1. The zero-order chi connectivity index (χ0) is 26.1. The molecule has 2 aliphatic rings. The molecule has 4 heterocycles. The van der Waals surface area contributed by atoms with E-state index in [4.69, 9.17) is 19.7 Å². The Bertz CT molecular complexity index is 1390. The van der Waals surface area contributed by atoms with E-state index in [0.29, 0.717) is 29.1 Å². The molecule has 200 valence electrons. The standard InChI is InChI=1S/C26H31N7O4S/c34-19-4-1-16(2-5-19)27-25-28-17(15-32-9-11-37-12-10-32)13-22(30-25)31-26-29-20-6-3-18(14-21(20)38-26)33-23(35)7-8-24(33)36/h3,6-8,13-14,16,19,34-36H,1-2,4-5,9-12,15H2,(H2,27,28,29,30,31). The number of aliphatic hydroxyl groups excluding tert-OH is 1. The zero-order valence-corrected chi connectivity index (χ0v) is 21.7. The van der Waals surface area contributed by atoms with Crippen molar-refractivity contribution in [2.24, 2.45) is 0 Å². The molecule has 1 aromatic carbocycles. The van der Waals surface area contributed by atoms with Crippen molar-refractivity contribution < 1.29 is 20.1 Å². The van der Waals surface area contributed by atoms with Crippen molar-refractivity contribution in [3.63, 3.8) is 0 Å². The molecule has 0 radical (unpaired) electrons. The van der Waals surface area contributed by atoms with Gasteiger partial charge in [0.2, 0.25) is 5.95 Å². The van der Waals surface area contributed by atoms with Crippen LogP contribution in [0.5, 0.6) is 11.8 Å². The number of aliphatic hydroxyl groups is 1. The Hall–Kier alpha value is -3.45. The van der Waals surface area contributed by atoms with E-state index >= 15 is 0 Å². The number of nitrogens with zero attached hydrogens (tertiary/aromatic N) is 5. The van der Waals surface area contributed by atoms with Gasteiger partial charge in [0, 0.05) is 43.9 Å². The molecule has 5 N–H and O–H groups in total. The van der Waals surface area contributed by atoms with Crippen LogP contribution in [0.15, 0.2) is 36.4 Å². The van der Waals surface area contributed by atoms with Gasteiger partial charge >= 0.3 is 0 Å². The molecule has 3 aromatic heterocycles. The van der Waals surface area contributed by atoms with Gasteiger partial charge in [-0.3, -0.25) is 9.47 Å². The summed E-state index contributed by atoms with van der Waals surface area (Å²) >= 11 is 1.46. The molecule has 6 rings (SSSR count). The molecule has 1 aliphatic heterocycles. The van der Waals surface area contributed by atoms with Gasteiger partial charge in [-0.2, -0.15) is 4.98 Å². The van der Waals surface area contributed by atoms with E-state index in [-0.39, 0.29) is 23.9 Å². The van der Waals surface area contributed by atoms with Gasteiger partial charge in [-0.1, -0.05) is 11.3 Å². The second kappa shape index (κ2) is 10.7. The Morgan fingerprint density at radius 2 is 1.71 bits per heavy atom. The topological polar surface area (TPSA) is 141 Å². The van der Waals surface area contributed by atoms with Crippen molar-refractivity contribution >= 4 is 38.5 Å². The highest BCUT2D eigenvalue weighted by atomic mass is 32.1. The maximum atomic E-state index is 10.1. The van der Waals surface area contributed by atoms with Gasteiger partial charge in [-0.05, 0) is 43.9 Å². The highest BCUT2D eigenvalue weighted by Crippen LogP contribution is 2.33. The summed E-state index contributed by atoms with van der Waals surface area (Å²) in [6.07, 6.45) is 3.11. The Kier molecular flexibility index (Phi) is 7.02. The lowest BCUT2D eigenvalue weighted by atomic mass is 9.93. The van der Waals surface area contributed by atoms with E-state index in [9.17, 15) is 15.3 Å². The zero-order valence-electron chi connectivity index (χ0n) is 20.9. The first kappa shape index (κ1) is 24.9. The normalized spacial score (nSPS) is 20.6. The molecule has 38 heavy (non-hydrogen) atoms. The highest BCUT2D eigenvalue weighted by molar-refractivity contribution is 7.22. The van der Waals surface area contributed by atoms with Crippen LogP contribution < -0.4 is 10.6 Å². The van der Waals surface area contributed by atoms with E-state index < -0.39 is 0 Å². The molecule has 1 saturated carbocycles. The maximum absolute atomic E-state index is 10.1. The fourth-order valence-electron chi connectivity index (χ4n) is 4.99. The lowest BCUT2D eigenvalue weighted by Crippen LogP contribution is -2.36. The summed E-state index contributed by atoms with van der Waals surface area (Å²) < 4.78 is 7.77. The smallest absolute Gasteiger partial charge is 0.225 e. The Morgan fingerprint density at radius 1 is 0.947 bits per heavy atom. The van der Waals surface area contributed by atoms with Gasteiger partial charge in [0.15, 0.2) is 16.9 Å². The van der Waals surface area contributed by atoms with Gasteiger partial charge in [-0.15, -0.1) is 0 Å². The van der Waals surface area contributed by atoms with Crippen molar-refractivity contribution in [1.29, 1.82) is 0 Å². The maximum Gasteiger partial charge on any atom is 0.225 e. The summed E-state index contributed by atoms with van der Waals surface area (Å²) in [4.78, 5) is 16.6. The molecule has 4 aromatic rings. The molecule has 2 fully saturated rings. The molecule has 11 nitrogen and oxygen atoms in total. The number of hydrogen-bond donors (Lipinski definition) is 5. The lowest BCUT2D eigenvalue weighted by Gasteiger charge is -2.27. The average molecular weight is 538 g/mol. The van der Waals surface area contributed by atoms with Gasteiger partial charge in [0.05, 0.1) is 40.9 Å². The first-order valence-electron chi connectivity index (χ1n) is 12.9. The number of nitrogens with one attached hydrogen (secondary N) is 2. The Labute approximate surface area is 223 Å². The van der Waals surface area contributed by atoms with Crippen molar-refractivity contribution in [2.75, 3.05) is 36.9 Å². The van der Waals surface area contributed by atoms with Crippen molar-refractivity contribution in [1.82, 2.24) is 24.4 Å². The predicted molar refractivity (Wildman–Crippen MR) is 146 cm³/mol. The van der Waals surface area contributed by atoms with E-state index in [1.807, 2.05) is 18.2 Å². The molecule has 0 spiro atoms. The Balaban J connectivity index is 1.25. The average Bonchev–Trinajstić information content (AvgIpc) is 3.46. The van der Waals surface area contributed by atoms with Crippen molar-refractivity contribution in [3.8, 4) is 17.4 Å². The van der Waals surface area contributed by atoms with Crippen LogP contribution in [0.4, 0.5) is 16.9 Å². The number of hydrogen-bond acceptors (Lipinski definition) is 11. The second-order valence-corrected chi connectivity index (χ2v) is 10.8. The largest absolute Gasteiger partial charge is 0.494 e. The van der Waals surface area contributed by atoms with E-state index in [0.717, 1.165) is 67.9 Å². The predicted octanol–water partition coefficient (Wildman–Crippen LogP) is 3.58. The summed E-state index contributed by atoms with van der Waals surface area (Å²) in [6, 6.07) is 10.6. The van der Waals surface area contributed by atoms with Crippen LogP contribution in [0.3, 0.4) is 0 Å². The van der Waals surface area contributed by atoms with Crippen molar-refractivity contribution in [2.45, 2.75) is 44.4 Å². The molecular formula is C26H31N7O4S. The third kappa shape index (κ3) is 5.53. The fourth-order valence-corrected chi connectivity index (χ4v) is 5.90. The molecule has 0 atom stereocenters. The van der Waals surface area contributed by atoms with Crippen molar-refractivity contribution in [3.05, 3.63) is 42.1 Å². The first-order chi connectivity index (χ1) is 18.5. The summed E-state index contributed by atoms with van der Waals surface area (Å²) in [5, 5.41) is 37.6. The minimum Gasteiger partial charge on any atom is -0.494 e. The van der Waals surface area contributed by atoms with Gasteiger partial charge in [0.25, 0.3) is 0 Å². The summed E-state index contributed by atoms with van der Waals surface area (Å²) in [5.41, 5.74) is 2.35. The van der Waals surface area contributed by atoms with E-state index in [1.165, 1.54) is 28.0 Å². The number of thiazole rings is 1. The highest BCUT2D eigenvalue weighted by Gasteiger charge is 2.21. The van der Waals surface area contributed by atoms with Crippen LogP contribution in [0, 0.1) is 0 Å². The number of rotatable bonds is 7. The number of aromatic nitrogens is 4. The molecule has 0 unspecified atom stereocenters. The third-order valence-electron chi connectivity index (χ3n) is 7.00. The number of fused-ring (bicyclic) bond motifs is 1. The van der Waals surface area contributed by atoms with Crippen LogP contribution in [-0.2, 0) is 11.3 Å². The lowest BCUT2D eigenvalue weighted by molar-refractivity contribution is 0.0336. The number of aromatic hydroxyl groups is 2. The van der Waals surface area contributed by atoms with Gasteiger partial charge in [0.1, 0.15) is 5.82 Å². The minimum absolute atomic E-state index is 0.0361. The molecule has 0 bridgehead atoms. The van der Waals surface area contributed by atoms with Crippen LogP contribution in [-0.4, -0.2) is 78.2 Å². The van der Waals surface area contributed by atoms with Crippen LogP contribution in [0.2, 0.25) is 0 Å². The summed E-state index contributed by atoms with van der Waals surface area (Å²) in [7, 11) is 0. The number of anilines is 3. The van der Waals surface area contributed by atoms with Crippen LogP contribution in [0.1, 0.15) is 31.4 Å². The molecule has 12 heteroatoms. The number of ether oxygens (including phenoxy) is 1. The quantitative estimate of drug-likeness (QED) is 0.238. The number of morpholine rings is 1. The second-order valence-electron chi connectivity index (χ2n) is 9.79.